The Bertz CT molecular complexity index is 964. The number of rotatable bonds is 5. The summed E-state index contributed by atoms with van der Waals surface area (Å²) in [6.45, 7) is 0.420. The Morgan fingerprint density at radius 2 is 2.04 bits per heavy atom. The van der Waals surface area contributed by atoms with E-state index in [4.69, 9.17) is 14.0 Å². The Labute approximate surface area is 163 Å². The van der Waals surface area contributed by atoms with E-state index in [9.17, 15) is 4.79 Å². The summed E-state index contributed by atoms with van der Waals surface area (Å²) in [6, 6.07) is 5.66. The molecule has 0 aliphatic heterocycles. The normalized spacial score (nSPS) is 17.0. The van der Waals surface area contributed by atoms with Gasteiger partial charge >= 0.3 is 0 Å². The fraction of sp³-hybridized carbons (Fsp3) is 0.476. The van der Waals surface area contributed by atoms with Gasteiger partial charge in [0.25, 0.3) is 5.91 Å². The van der Waals surface area contributed by atoms with Crippen LogP contribution in [0, 0.1) is 0 Å². The molecule has 0 bridgehead atoms. The Morgan fingerprint density at radius 3 is 2.86 bits per heavy atom. The van der Waals surface area contributed by atoms with Gasteiger partial charge in [0.1, 0.15) is 0 Å². The molecule has 0 aromatic carbocycles. The monoisotopic (exact) mass is 380 g/mol. The number of carbonyl (C=O) groups excluding carboxylic acids is 1. The van der Waals surface area contributed by atoms with Gasteiger partial charge in [0.15, 0.2) is 11.5 Å². The van der Waals surface area contributed by atoms with E-state index >= 15 is 0 Å². The highest BCUT2D eigenvalue weighted by atomic mass is 16.5. The zero-order chi connectivity index (χ0) is 18.9. The zero-order valence-corrected chi connectivity index (χ0v) is 15.8. The first-order valence-electron chi connectivity index (χ1n) is 10.2. The fourth-order valence-electron chi connectivity index (χ4n) is 4.47. The van der Waals surface area contributed by atoms with Crippen LogP contribution >= 0.6 is 0 Å². The van der Waals surface area contributed by atoms with Crippen molar-refractivity contribution in [3.05, 3.63) is 47.1 Å². The lowest BCUT2D eigenvalue weighted by Gasteiger charge is -2.18. The van der Waals surface area contributed by atoms with Crippen LogP contribution in [0.2, 0.25) is 0 Å². The Kier molecular flexibility index (Phi) is 4.50. The Hall–Kier alpha value is -2.83. The molecule has 3 aromatic rings. The van der Waals surface area contributed by atoms with Crippen LogP contribution in [-0.4, -0.2) is 20.8 Å². The molecule has 3 heterocycles. The molecule has 0 atom stereocenters. The van der Waals surface area contributed by atoms with Gasteiger partial charge in [0, 0.05) is 11.8 Å². The molecule has 3 aromatic heterocycles. The molecule has 7 heteroatoms. The van der Waals surface area contributed by atoms with Gasteiger partial charge in [0.2, 0.25) is 5.76 Å². The minimum atomic E-state index is -0.262. The maximum Gasteiger partial charge on any atom is 0.273 e. The van der Waals surface area contributed by atoms with E-state index in [1.807, 2.05) is 0 Å². The first kappa shape index (κ1) is 17.3. The lowest BCUT2D eigenvalue weighted by atomic mass is 9.95. The molecule has 0 radical (unpaired) electrons. The number of fused-ring (bicyclic) bond motifs is 1. The number of nitrogens with one attached hydrogen (secondary N) is 1. The standard InChI is InChI=1S/C21H24N4O3/c26-21(16-12-20(28-24-16)19-10-5-11-27-19)22-13-17-15-8-3-4-9-18(15)25(23-17)14-6-1-2-7-14/h5,10-12,14H,1-4,6-9,13H2,(H,22,26). The van der Waals surface area contributed by atoms with Crippen molar-refractivity contribution in [2.24, 2.45) is 0 Å². The quantitative estimate of drug-likeness (QED) is 0.721. The van der Waals surface area contributed by atoms with Crippen LogP contribution in [0.1, 0.15) is 72.0 Å². The smallest absolute Gasteiger partial charge is 0.273 e. The summed E-state index contributed by atoms with van der Waals surface area (Å²) in [4.78, 5) is 12.5. The first-order valence-corrected chi connectivity index (χ1v) is 10.2. The van der Waals surface area contributed by atoms with Gasteiger partial charge in [-0.1, -0.05) is 18.0 Å². The van der Waals surface area contributed by atoms with Gasteiger partial charge in [-0.25, -0.2) is 0 Å². The molecule has 1 saturated carbocycles. The largest absolute Gasteiger partial charge is 0.461 e. The second-order valence-corrected chi connectivity index (χ2v) is 7.70. The summed E-state index contributed by atoms with van der Waals surface area (Å²) in [5.41, 5.74) is 3.99. The van der Waals surface area contributed by atoms with Gasteiger partial charge in [0.05, 0.1) is 24.5 Å². The number of aromatic nitrogens is 3. The zero-order valence-electron chi connectivity index (χ0n) is 15.8. The molecule has 0 spiro atoms. The maximum absolute atomic E-state index is 12.5. The molecule has 28 heavy (non-hydrogen) atoms. The van der Waals surface area contributed by atoms with Gasteiger partial charge in [-0.05, 0) is 56.2 Å². The summed E-state index contributed by atoms with van der Waals surface area (Å²) < 4.78 is 12.8. The first-order chi connectivity index (χ1) is 13.8. The molecule has 7 nitrogen and oxygen atoms in total. The number of carbonyl (C=O) groups is 1. The molecular weight excluding hydrogens is 356 g/mol. The summed E-state index contributed by atoms with van der Waals surface area (Å²) in [6.07, 6.45) is 11.1. The lowest BCUT2D eigenvalue weighted by Crippen LogP contribution is -2.24. The summed E-state index contributed by atoms with van der Waals surface area (Å²) in [7, 11) is 0. The van der Waals surface area contributed by atoms with E-state index in [1.165, 1.54) is 49.8 Å². The van der Waals surface area contributed by atoms with E-state index in [0.29, 0.717) is 24.1 Å². The van der Waals surface area contributed by atoms with Crippen molar-refractivity contribution in [1.29, 1.82) is 0 Å². The van der Waals surface area contributed by atoms with Crippen molar-refractivity contribution in [1.82, 2.24) is 20.3 Å². The van der Waals surface area contributed by atoms with E-state index < -0.39 is 0 Å². The molecule has 1 N–H and O–H groups in total. The molecule has 146 valence electrons. The van der Waals surface area contributed by atoms with Gasteiger partial charge in [-0.15, -0.1) is 0 Å². The number of nitrogens with zero attached hydrogens (tertiary/aromatic N) is 3. The predicted octanol–water partition coefficient (Wildman–Crippen LogP) is 4.06. The van der Waals surface area contributed by atoms with Crippen LogP contribution in [0.4, 0.5) is 0 Å². The van der Waals surface area contributed by atoms with E-state index in [2.05, 4.69) is 15.2 Å². The topological polar surface area (TPSA) is 86.1 Å². The third-order valence-corrected chi connectivity index (χ3v) is 5.89. The minimum Gasteiger partial charge on any atom is -0.461 e. The molecule has 1 amide bonds. The minimum absolute atomic E-state index is 0.246. The second kappa shape index (κ2) is 7.30. The summed E-state index contributed by atoms with van der Waals surface area (Å²) in [5, 5.41) is 11.8. The van der Waals surface area contributed by atoms with Crippen molar-refractivity contribution < 1.29 is 13.7 Å². The number of amides is 1. The average molecular weight is 380 g/mol. The molecular formula is C21H24N4O3. The van der Waals surface area contributed by atoms with Crippen LogP contribution < -0.4 is 5.32 Å². The van der Waals surface area contributed by atoms with Crippen LogP contribution in [0.25, 0.3) is 11.5 Å². The fourth-order valence-corrected chi connectivity index (χ4v) is 4.47. The van der Waals surface area contributed by atoms with E-state index in [1.54, 1.807) is 24.5 Å². The summed E-state index contributed by atoms with van der Waals surface area (Å²) >= 11 is 0. The third-order valence-electron chi connectivity index (χ3n) is 5.89. The number of hydrogen-bond donors (Lipinski definition) is 1. The van der Waals surface area contributed by atoms with Crippen LogP contribution in [0.5, 0.6) is 0 Å². The van der Waals surface area contributed by atoms with E-state index in [-0.39, 0.29) is 11.6 Å². The Morgan fingerprint density at radius 1 is 1.18 bits per heavy atom. The summed E-state index contributed by atoms with van der Waals surface area (Å²) in [5.74, 6) is 0.732. The van der Waals surface area contributed by atoms with Crippen molar-refractivity contribution in [2.45, 2.75) is 64.0 Å². The van der Waals surface area contributed by atoms with E-state index in [0.717, 1.165) is 18.5 Å². The maximum atomic E-state index is 12.5. The van der Waals surface area contributed by atoms with Gasteiger partial charge < -0.3 is 14.3 Å². The molecule has 0 unspecified atom stereocenters. The molecule has 5 rings (SSSR count). The second-order valence-electron chi connectivity index (χ2n) is 7.70. The number of furan rings is 1. The molecule has 0 saturated heterocycles. The van der Waals surface area contributed by atoms with Crippen molar-refractivity contribution in [2.75, 3.05) is 0 Å². The molecule has 2 aliphatic rings. The molecule has 1 fully saturated rings. The van der Waals surface area contributed by atoms with Gasteiger partial charge in [-0.3, -0.25) is 9.48 Å². The van der Waals surface area contributed by atoms with Crippen LogP contribution in [0.15, 0.2) is 33.4 Å². The average Bonchev–Trinajstić information content (AvgIpc) is 3.52. The molecule has 2 aliphatic carbocycles. The van der Waals surface area contributed by atoms with Crippen LogP contribution in [0.3, 0.4) is 0 Å². The highest BCUT2D eigenvalue weighted by Gasteiger charge is 2.27. The SMILES string of the molecule is O=C(NCc1nn(C2CCCC2)c2c1CCCC2)c1cc(-c2ccco2)on1. The van der Waals surface area contributed by atoms with Crippen molar-refractivity contribution in [3.63, 3.8) is 0 Å². The lowest BCUT2D eigenvalue weighted by molar-refractivity contribution is 0.0941. The highest BCUT2D eigenvalue weighted by molar-refractivity contribution is 5.92. The highest BCUT2D eigenvalue weighted by Crippen LogP contribution is 2.34. The predicted molar refractivity (Wildman–Crippen MR) is 102 cm³/mol. The van der Waals surface area contributed by atoms with Gasteiger partial charge in [-0.2, -0.15) is 5.10 Å². The van der Waals surface area contributed by atoms with Crippen molar-refractivity contribution in [3.8, 4) is 11.5 Å². The van der Waals surface area contributed by atoms with Crippen molar-refractivity contribution >= 4 is 5.91 Å². The number of hydrogen-bond acceptors (Lipinski definition) is 5. The third kappa shape index (κ3) is 3.15. The Balaban J connectivity index is 1.32. The van der Waals surface area contributed by atoms with Crippen LogP contribution in [-0.2, 0) is 19.4 Å².